The maximum Gasteiger partial charge on any atom is 0.234 e. The molecule has 4 heterocycles. The van der Waals surface area contributed by atoms with Crippen LogP contribution in [0.15, 0.2) is 30.6 Å². The molecule has 0 saturated carbocycles. The number of aryl methyl sites for hydroxylation is 1. The van der Waals surface area contributed by atoms with E-state index >= 15 is 0 Å². The van der Waals surface area contributed by atoms with E-state index in [9.17, 15) is 4.79 Å². The summed E-state index contributed by atoms with van der Waals surface area (Å²) in [6.45, 7) is 3.69. The van der Waals surface area contributed by atoms with Gasteiger partial charge in [-0.25, -0.2) is 14.9 Å². The van der Waals surface area contributed by atoms with Crippen LogP contribution >= 0.6 is 11.3 Å². The molecule has 2 aromatic rings. The maximum atomic E-state index is 11.5. The van der Waals surface area contributed by atoms with E-state index in [0.717, 1.165) is 22.2 Å². The van der Waals surface area contributed by atoms with Gasteiger partial charge in [0.15, 0.2) is 10.9 Å². The predicted molar refractivity (Wildman–Crippen MR) is 94.9 cm³/mol. The molecule has 0 bridgehead atoms. The van der Waals surface area contributed by atoms with Gasteiger partial charge in [-0.3, -0.25) is 4.79 Å². The molecule has 1 saturated heterocycles. The van der Waals surface area contributed by atoms with Gasteiger partial charge in [-0.15, -0.1) is 11.3 Å². The number of pyridine rings is 1. The number of nitrogens with zero attached hydrogens (tertiary/aromatic N) is 3. The fourth-order valence-corrected chi connectivity index (χ4v) is 3.34. The third-order valence-corrected chi connectivity index (χ3v) is 4.68. The van der Waals surface area contributed by atoms with Gasteiger partial charge in [-0.1, -0.05) is 6.07 Å². The maximum absolute atomic E-state index is 11.5. The third-order valence-electron chi connectivity index (χ3n) is 3.85. The molecule has 0 radical (unpaired) electrons. The Morgan fingerprint density at radius 1 is 1.44 bits per heavy atom. The van der Waals surface area contributed by atoms with Crippen LogP contribution in [0.3, 0.4) is 0 Å². The van der Waals surface area contributed by atoms with Crippen molar-refractivity contribution < 1.29 is 9.53 Å². The third kappa shape index (κ3) is 3.57. The second-order valence-corrected chi connectivity index (χ2v) is 7.01. The van der Waals surface area contributed by atoms with Crippen LogP contribution in [0.1, 0.15) is 10.6 Å². The van der Waals surface area contributed by atoms with Crippen molar-refractivity contribution in [1.29, 1.82) is 0 Å². The molecular formula is C16H18N6O2S. The molecular weight excluding hydrogens is 340 g/mol. The lowest BCUT2D eigenvalue weighted by molar-refractivity contribution is -0.128. The van der Waals surface area contributed by atoms with E-state index in [2.05, 4.69) is 25.9 Å². The SMILES string of the molecule is Cc1cnc(Nc2cccc(C3=CNC(N4CCNC(=O)C4)O3)n2)s1. The number of anilines is 2. The van der Waals surface area contributed by atoms with Crippen LogP contribution < -0.4 is 16.0 Å². The molecule has 0 aromatic carbocycles. The highest BCUT2D eigenvalue weighted by Gasteiger charge is 2.29. The zero-order valence-electron chi connectivity index (χ0n) is 13.7. The van der Waals surface area contributed by atoms with Gasteiger partial charge in [0.25, 0.3) is 0 Å². The molecule has 1 unspecified atom stereocenters. The van der Waals surface area contributed by atoms with Crippen molar-refractivity contribution in [3.05, 3.63) is 41.2 Å². The van der Waals surface area contributed by atoms with Crippen LogP contribution in [-0.2, 0) is 9.53 Å². The van der Waals surface area contributed by atoms with E-state index in [1.54, 1.807) is 17.5 Å². The zero-order valence-corrected chi connectivity index (χ0v) is 14.5. The van der Waals surface area contributed by atoms with Crippen LogP contribution in [0.5, 0.6) is 0 Å². The summed E-state index contributed by atoms with van der Waals surface area (Å²) >= 11 is 1.58. The van der Waals surface area contributed by atoms with E-state index in [-0.39, 0.29) is 12.3 Å². The number of aromatic nitrogens is 2. The Morgan fingerprint density at radius 3 is 3.16 bits per heavy atom. The average Bonchev–Trinajstić information content (AvgIpc) is 3.25. The number of thiazole rings is 1. The van der Waals surface area contributed by atoms with Gasteiger partial charge >= 0.3 is 0 Å². The number of nitrogens with one attached hydrogen (secondary N) is 3. The number of rotatable bonds is 4. The van der Waals surface area contributed by atoms with Gasteiger partial charge in [0.05, 0.1) is 6.54 Å². The van der Waals surface area contributed by atoms with Crippen LogP contribution in [0.2, 0.25) is 0 Å². The number of hydrogen-bond donors (Lipinski definition) is 3. The lowest BCUT2D eigenvalue weighted by Gasteiger charge is -2.31. The Hall–Kier alpha value is -2.65. The smallest absolute Gasteiger partial charge is 0.234 e. The van der Waals surface area contributed by atoms with Crippen molar-refractivity contribution in [1.82, 2.24) is 25.5 Å². The second-order valence-electron chi connectivity index (χ2n) is 5.78. The number of amides is 1. The largest absolute Gasteiger partial charge is 0.453 e. The molecule has 2 aromatic heterocycles. The van der Waals surface area contributed by atoms with Crippen molar-refractivity contribution >= 4 is 34.0 Å². The first-order valence-corrected chi connectivity index (χ1v) is 8.79. The summed E-state index contributed by atoms with van der Waals surface area (Å²) in [7, 11) is 0. The van der Waals surface area contributed by atoms with Crippen LogP contribution in [-0.4, -0.2) is 46.8 Å². The molecule has 1 amide bonds. The predicted octanol–water partition coefficient (Wildman–Crippen LogP) is 1.22. The Morgan fingerprint density at radius 2 is 2.36 bits per heavy atom. The van der Waals surface area contributed by atoms with Crippen molar-refractivity contribution in [3.8, 4) is 0 Å². The fourth-order valence-electron chi connectivity index (χ4n) is 2.67. The summed E-state index contributed by atoms with van der Waals surface area (Å²) < 4.78 is 5.94. The van der Waals surface area contributed by atoms with E-state index < -0.39 is 0 Å². The molecule has 8 nitrogen and oxygen atoms in total. The summed E-state index contributed by atoms with van der Waals surface area (Å²) in [5.74, 6) is 1.36. The number of carbonyl (C=O) groups is 1. The molecule has 4 rings (SSSR count). The van der Waals surface area contributed by atoms with Gasteiger partial charge in [0.2, 0.25) is 12.3 Å². The highest BCUT2D eigenvalue weighted by atomic mass is 32.1. The van der Waals surface area contributed by atoms with Crippen LogP contribution in [0.25, 0.3) is 5.76 Å². The minimum atomic E-state index is -0.346. The standard InChI is InChI=1S/C16H18N6O2S/c1-10-7-18-15(25-10)21-13-4-2-3-11(20-13)12-8-19-16(24-12)22-6-5-17-14(23)9-22/h2-4,7-8,16,19H,5-6,9H2,1H3,(H,17,23)(H,18,20,21). The topological polar surface area (TPSA) is 91.4 Å². The second kappa shape index (κ2) is 6.69. The van der Waals surface area contributed by atoms with E-state index in [4.69, 9.17) is 4.74 Å². The minimum absolute atomic E-state index is 0.00756. The molecule has 2 aliphatic rings. The zero-order chi connectivity index (χ0) is 17.2. The summed E-state index contributed by atoms with van der Waals surface area (Å²) in [6, 6.07) is 5.68. The average molecular weight is 358 g/mol. The summed E-state index contributed by atoms with van der Waals surface area (Å²) in [4.78, 5) is 23.5. The molecule has 130 valence electrons. The highest BCUT2D eigenvalue weighted by Crippen LogP contribution is 2.25. The molecule has 0 aliphatic carbocycles. The molecule has 0 spiro atoms. The number of ether oxygens (including phenoxy) is 1. The normalized spacial score (nSPS) is 20.4. The Balaban J connectivity index is 1.43. The van der Waals surface area contributed by atoms with Crippen molar-refractivity contribution in [2.45, 2.75) is 13.3 Å². The first-order chi connectivity index (χ1) is 12.2. The Kier molecular flexibility index (Phi) is 4.24. The van der Waals surface area contributed by atoms with Crippen molar-refractivity contribution in [2.75, 3.05) is 25.0 Å². The lowest BCUT2D eigenvalue weighted by Crippen LogP contribution is -2.54. The highest BCUT2D eigenvalue weighted by molar-refractivity contribution is 7.15. The minimum Gasteiger partial charge on any atom is -0.453 e. The van der Waals surface area contributed by atoms with Crippen LogP contribution in [0.4, 0.5) is 10.9 Å². The quantitative estimate of drug-likeness (QED) is 0.757. The van der Waals surface area contributed by atoms with Gasteiger partial charge in [0, 0.05) is 30.4 Å². The van der Waals surface area contributed by atoms with Crippen molar-refractivity contribution in [3.63, 3.8) is 0 Å². The monoisotopic (exact) mass is 358 g/mol. The Labute approximate surface area is 148 Å². The lowest BCUT2D eigenvalue weighted by atomic mass is 10.3. The number of carbonyl (C=O) groups excluding carboxylic acids is 1. The molecule has 3 N–H and O–H groups in total. The molecule has 2 aliphatic heterocycles. The molecule has 9 heteroatoms. The first-order valence-electron chi connectivity index (χ1n) is 7.98. The summed E-state index contributed by atoms with van der Waals surface area (Å²) in [6.07, 6.45) is 3.26. The van der Waals surface area contributed by atoms with Crippen LogP contribution in [0, 0.1) is 6.92 Å². The first kappa shape index (κ1) is 15.9. The van der Waals surface area contributed by atoms with E-state index in [0.29, 0.717) is 24.7 Å². The van der Waals surface area contributed by atoms with Gasteiger partial charge < -0.3 is 20.7 Å². The Bertz CT molecular complexity index is 820. The molecule has 1 atom stereocenters. The number of piperazine rings is 1. The van der Waals surface area contributed by atoms with E-state index in [1.165, 1.54) is 0 Å². The fraction of sp³-hybridized carbons (Fsp3) is 0.312. The molecule has 1 fully saturated rings. The van der Waals surface area contributed by atoms with Gasteiger partial charge in [-0.2, -0.15) is 0 Å². The van der Waals surface area contributed by atoms with Gasteiger partial charge in [0.1, 0.15) is 11.5 Å². The molecule has 25 heavy (non-hydrogen) atoms. The number of hydrogen-bond acceptors (Lipinski definition) is 8. The van der Waals surface area contributed by atoms with E-state index in [1.807, 2.05) is 36.2 Å². The van der Waals surface area contributed by atoms with Gasteiger partial charge in [-0.05, 0) is 19.1 Å². The van der Waals surface area contributed by atoms with Crippen molar-refractivity contribution in [2.24, 2.45) is 0 Å². The summed E-state index contributed by atoms with van der Waals surface area (Å²) in [5, 5.41) is 9.97. The summed E-state index contributed by atoms with van der Waals surface area (Å²) in [5.41, 5.74) is 0.717.